The van der Waals surface area contributed by atoms with E-state index in [9.17, 15) is 4.79 Å². The molecule has 0 atom stereocenters. The maximum Gasteiger partial charge on any atom is 0.338 e. The minimum absolute atomic E-state index is 0.170. The number of benzene rings is 1. The van der Waals surface area contributed by atoms with Crippen molar-refractivity contribution in [2.45, 2.75) is 4.90 Å². The minimum atomic E-state index is -0.993. The number of nitrogens with one attached hydrogen (secondary N) is 1. The van der Waals surface area contributed by atoms with Crippen molar-refractivity contribution in [1.29, 1.82) is 0 Å². The summed E-state index contributed by atoms with van der Waals surface area (Å²) >= 11 is 4.09. The van der Waals surface area contributed by atoms with Crippen LogP contribution in [0.15, 0.2) is 23.4 Å². The van der Waals surface area contributed by atoms with E-state index >= 15 is 0 Å². The first kappa shape index (κ1) is 8.12. The molecular formula is C8H6N2O2S. The van der Waals surface area contributed by atoms with Crippen LogP contribution in [0.2, 0.25) is 0 Å². The molecule has 4 nitrogen and oxygen atoms in total. The normalized spacial score (nSPS) is 10.5. The Hall–Kier alpha value is -1.49. The number of nitrogens with zero attached hydrogens (tertiary/aromatic N) is 1. The molecule has 1 heterocycles. The van der Waals surface area contributed by atoms with Crippen LogP contribution in [0.3, 0.4) is 0 Å². The molecule has 0 bridgehead atoms. The summed E-state index contributed by atoms with van der Waals surface area (Å²) in [5.74, 6) is -0.993. The highest BCUT2D eigenvalue weighted by Crippen LogP contribution is 2.19. The number of rotatable bonds is 1. The Balaban J connectivity index is 2.84. The lowest BCUT2D eigenvalue weighted by Gasteiger charge is -1.97. The van der Waals surface area contributed by atoms with Gasteiger partial charge in [-0.1, -0.05) is 0 Å². The first-order valence-corrected chi connectivity index (χ1v) is 4.02. The highest BCUT2D eigenvalue weighted by Gasteiger charge is 2.10. The Morgan fingerprint density at radius 1 is 1.54 bits per heavy atom. The predicted molar refractivity (Wildman–Crippen MR) is 50.3 cm³/mol. The third kappa shape index (κ3) is 1.27. The van der Waals surface area contributed by atoms with Crippen LogP contribution < -0.4 is 0 Å². The molecule has 13 heavy (non-hydrogen) atoms. The van der Waals surface area contributed by atoms with Gasteiger partial charge in [0.05, 0.1) is 17.4 Å². The number of aromatic amines is 1. The van der Waals surface area contributed by atoms with Gasteiger partial charge in [-0.3, -0.25) is 0 Å². The van der Waals surface area contributed by atoms with E-state index in [2.05, 4.69) is 22.6 Å². The van der Waals surface area contributed by atoms with E-state index in [0.29, 0.717) is 15.9 Å². The van der Waals surface area contributed by atoms with Gasteiger partial charge in [0.15, 0.2) is 0 Å². The first-order chi connectivity index (χ1) is 6.18. The van der Waals surface area contributed by atoms with Crippen LogP contribution in [-0.2, 0) is 0 Å². The summed E-state index contributed by atoms with van der Waals surface area (Å²) in [7, 11) is 0. The number of carboxylic acid groups (broad SMARTS) is 1. The van der Waals surface area contributed by atoms with Crippen molar-refractivity contribution in [3.8, 4) is 0 Å². The third-order valence-corrected chi connectivity index (χ3v) is 2.00. The average molecular weight is 194 g/mol. The zero-order valence-electron chi connectivity index (χ0n) is 6.48. The summed E-state index contributed by atoms with van der Waals surface area (Å²) in [5.41, 5.74) is 1.32. The van der Waals surface area contributed by atoms with Crippen LogP contribution in [0.25, 0.3) is 11.0 Å². The molecule has 5 heteroatoms. The number of hydrogen-bond acceptors (Lipinski definition) is 3. The molecule has 2 N–H and O–H groups in total. The van der Waals surface area contributed by atoms with Gasteiger partial charge in [-0.2, -0.15) is 0 Å². The van der Waals surface area contributed by atoms with Crippen LogP contribution in [-0.4, -0.2) is 21.0 Å². The third-order valence-electron chi connectivity index (χ3n) is 1.74. The van der Waals surface area contributed by atoms with Gasteiger partial charge in [0.25, 0.3) is 0 Å². The molecular weight excluding hydrogens is 188 g/mol. The van der Waals surface area contributed by atoms with Crippen molar-refractivity contribution in [2.75, 3.05) is 0 Å². The van der Waals surface area contributed by atoms with E-state index in [1.165, 1.54) is 12.4 Å². The Labute approximate surface area is 79.0 Å². The number of hydrogen-bond donors (Lipinski definition) is 3. The molecule has 2 aromatic rings. The van der Waals surface area contributed by atoms with Crippen molar-refractivity contribution >= 4 is 29.6 Å². The summed E-state index contributed by atoms with van der Waals surface area (Å²) < 4.78 is 0. The number of imidazole rings is 1. The van der Waals surface area contributed by atoms with Gasteiger partial charge in [0.2, 0.25) is 0 Å². The van der Waals surface area contributed by atoms with E-state index in [1.807, 2.05) is 0 Å². The molecule has 0 aliphatic heterocycles. The molecule has 0 saturated carbocycles. The second-order valence-electron chi connectivity index (χ2n) is 2.60. The van der Waals surface area contributed by atoms with Crippen LogP contribution in [0.4, 0.5) is 0 Å². The first-order valence-electron chi connectivity index (χ1n) is 3.58. The summed E-state index contributed by atoms with van der Waals surface area (Å²) in [4.78, 5) is 18.1. The summed E-state index contributed by atoms with van der Waals surface area (Å²) in [6.07, 6.45) is 1.46. The zero-order valence-corrected chi connectivity index (χ0v) is 7.38. The van der Waals surface area contributed by atoms with E-state index in [1.54, 1.807) is 6.07 Å². The molecule has 0 saturated heterocycles. The Kier molecular flexibility index (Phi) is 1.73. The van der Waals surface area contributed by atoms with Gasteiger partial charge >= 0.3 is 5.97 Å². The monoisotopic (exact) mass is 194 g/mol. The molecule has 0 fully saturated rings. The molecule has 2 rings (SSSR count). The van der Waals surface area contributed by atoms with E-state index < -0.39 is 5.97 Å². The molecule has 0 unspecified atom stereocenters. The number of aromatic carboxylic acids is 1. The van der Waals surface area contributed by atoms with Gasteiger partial charge in [-0.25, -0.2) is 9.78 Å². The van der Waals surface area contributed by atoms with E-state index in [0.717, 1.165) is 0 Å². The maximum atomic E-state index is 10.8. The lowest BCUT2D eigenvalue weighted by Crippen LogP contribution is -1.97. The molecule has 1 aromatic carbocycles. The van der Waals surface area contributed by atoms with Crippen molar-refractivity contribution in [3.63, 3.8) is 0 Å². The standard InChI is InChI=1S/C8H6N2O2S/c11-8(12)5-1-4(13)2-6-7(5)10-3-9-6/h1-3,13H,(H,9,10)(H,11,12). The van der Waals surface area contributed by atoms with E-state index in [-0.39, 0.29) is 5.56 Å². The Bertz CT molecular complexity index is 478. The number of carbonyl (C=O) groups is 1. The second-order valence-corrected chi connectivity index (χ2v) is 3.11. The summed E-state index contributed by atoms with van der Waals surface area (Å²) in [6, 6.07) is 3.21. The van der Waals surface area contributed by atoms with Crippen LogP contribution in [0.1, 0.15) is 10.4 Å². The quantitative estimate of drug-likeness (QED) is 0.603. The van der Waals surface area contributed by atoms with Crippen molar-refractivity contribution in [3.05, 3.63) is 24.0 Å². The largest absolute Gasteiger partial charge is 0.478 e. The Morgan fingerprint density at radius 2 is 2.31 bits per heavy atom. The predicted octanol–water partition coefficient (Wildman–Crippen LogP) is 1.55. The van der Waals surface area contributed by atoms with Crippen molar-refractivity contribution < 1.29 is 9.90 Å². The van der Waals surface area contributed by atoms with Crippen LogP contribution >= 0.6 is 12.6 Å². The zero-order chi connectivity index (χ0) is 9.42. The fraction of sp³-hybridized carbons (Fsp3) is 0. The molecule has 0 aliphatic rings. The molecule has 66 valence electrons. The number of fused-ring (bicyclic) bond motifs is 1. The highest BCUT2D eigenvalue weighted by molar-refractivity contribution is 7.80. The van der Waals surface area contributed by atoms with Gasteiger partial charge in [0.1, 0.15) is 5.52 Å². The maximum absolute atomic E-state index is 10.8. The Morgan fingerprint density at radius 3 is 3.00 bits per heavy atom. The van der Waals surface area contributed by atoms with Crippen LogP contribution in [0, 0.1) is 0 Å². The number of thiol groups is 1. The molecule has 0 radical (unpaired) electrons. The van der Waals surface area contributed by atoms with Gasteiger partial charge < -0.3 is 10.1 Å². The SMILES string of the molecule is O=C(O)c1cc(S)cc2[nH]cnc12. The topological polar surface area (TPSA) is 66.0 Å². The lowest BCUT2D eigenvalue weighted by atomic mass is 10.2. The summed E-state index contributed by atoms with van der Waals surface area (Å²) in [5, 5.41) is 8.84. The van der Waals surface area contributed by atoms with Gasteiger partial charge in [-0.15, -0.1) is 12.6 Å². The fourth-order valence-corrected chi connectivity index (χ4v) is 1.46. The van der Waals surface area contributed by atoms with Gasteiger partial charge in [0, 0.05) is 4.90 Å². The van der Waals surface area contributed by atoms with E-state index in [4.69, 9.17) is 5.11 Å². The smallest absolute Gasteiger partial charge is 0.338 e. The second kappa shape index (κ2) is 2.77. The van der Waals surface area contributed by atoms with Gasteiger partial charge in [-0.05, 0) is 12.1 Å². The number of carboxylic acids is 1. The summed E-state index contributed by atoms with van der Waals surface area (Å²) in [6.45, 7) is 0. The van der Waals surface area contributed by atoms with Crippen molar-refractivity contribution in [1.82, 2.24) is 9.97 Å². The molecule has 0 aliphatic carbocycles. The molecule has 0 spiro atoms. The lowest BCUT2D eigenvalue weighted by molar-refractivity contribution is 0.0698. The molecule has 1 aromatic heterocycles. The number of H-pyrrole nitrogens is 1. The fourth-order valence-electron chi connectivity index (χ4n) is 1.20. The highest BCUT2D eigenvalue weighted by atomic mass is 32.1. The minimum Gasteiger partial charge on any atom is -0.478 e. The van der Waals surface area contributed by atoms with Crippen molar-refractivity contribution in [2.24, 2.45) is 0 Å². The average Bonchev–Trinajstić information content (AvgIpc) is 2.49. The van der Waals surface area contributed by atoms with Crippen LogP contribution in [0.5, 0.6) is 0 Å². The molecule has 0 amide bonds. The number of aromatic nitrogens is 2.